The summed E-state index contributed by atoms with van der Waals surface area (Å²) in [5.74, 6) is -0.350. The maximum absolute atomic E-state index is 13.3. The highest BCUT2D eigenvalue weighted by molar-refractivity contribution is 6.05. The third-order valence-corrected chi connectivity index (χ3v) is 7.83. The zero-order chi connectivity index (χ0) is 28.7. The van der Waals surface area contributed by atoms with Crippen molar-refractivity contribution in [2.75, 3.05) is 18.9 Å². The van der Waals surface area contributed by atoms with E-state index >= 15 is 0 Å². The first-order chi connectivity index (χ1) is 19.1. The van der Waals surface area contributed by atoms with Crippen molar-refractivity contribution in [3.8, 4) is 0 Å². The summed E-state index contributed by atoms with van der Waals surface area (Å²) in [5.41, 5.74) is 11.5. The van der Waals surface area contributed by atoms with Crippen molar-refractivity contribution in [3.63, 3.8) is 0 Å². The minimum Gasteiger partial charge on any atom is -0.348 e. The number of carbonyl (C=O) groups is 2. The maximum atomic E-state index is 13.3. The number of anilines is 1. The topological polar surface area (TPSA) is 87.5 Å². The summed E-state index contributed by atoms with van der Waals surface area (Å²) < 4.78 is 0. The highest BCUT2D eigenvalue weighted by Gasteiger charge is 2.24. The quantitative estimate of drug-likeness (QED) is 0.315. The molecule has 0 radical (unpaired) electrons. The van der Waals surface area contributed by atoms with Crippen LogP contribution >= 0.6 is 0 Å². The largest absolute Gasteiger partial charge is 0.348 e. The molecule has 0 aliphatic heterocycles. The van der Waals surface area contributed by atoms with Gasteiger partial charge in [0.05, 0.1) is 0 Å². The maximum Gasteiger partial charge on any atom is 0.255 e. The molecule has 212 valence electrons. The van der Waals surface area contributed by atoms with Crippen molar-refractivity contribution in [2.45, 2.75) is 76.9 Å². The first-order valence-electron chi connectivity index (χ1n) is 14.4. The minimum atomic E-state index is -0.194. The van der Waals surface area contributed by atoms with E-state index in [-0.39, 0.29) is 29.3 Å². The zero-order valence-electron chi connectivity index (χ0n) is 24.4. The number of nitrogens with one attached hydrogen (secondary N) is 2. The van der Waals surface area contributed by atoms with Gasteiger partial charge in [-0.2, -0.15) is 0 Å². The second kappa shape index (κ2) is 13.2. The summed E-state index contributed by atoms with van der Waals surface area (Å²) in [5, 5.41) is 6.23. The van der Waals surface area contributed by atoms with Crippen LogP contribution in [0.25, 0.3) is 0 Å². The van der Waals surface area contributed by atoms with Crippen molar-refractivity contribution in [1.29, 1.82) is 0 Å². The van der Waals surface area contributed by atoms with Gasteiger partial charge in [-0.05, 0) is 72.7 Å². The van der Waals surface area contributed by atoms with Crippen LogP contribution in [0, 0.1) is 0 Å². The van der Waals surface area contributed by atoms with E-state index in [0.29, 0.717) is 23.4 Å². The smallest absolute Gasteiger partial charge is 0.255 e. The molecule has 0 aromatic heterocycles. The third-order valence-electron chi connectivity index (χ3n) is 7.83. The van der Waals surface area contributed by atoms with Crippen LogP contribution in [0.5, 0.6) is 0 Å². The Morgan fingerprint density at radius 3 is 2.25 bits per heavy atom. The van der Waals surface area contributed by atoms with Gasteiger partial charge in [-0.1, -0.05) is 82.1 Å². The number of carbonyl (C=O) groups excluding carboxylic acids is 2. The molecule has 2 unspecified atom stereocenters. The normalized spacial score (nSPS) is 17.4. The lowest BCUT2D eigenvalue weighted by molar-refractivity contribution is 0.0920. The summed E-state index contributed by atoms with van der Waals surface area (Å²) in [6.07, 6.45) is 4.93. The van der Waals surface area contributed by atoms with E-state index in [1.54, 1.807) is 6.07 Å². The lowest BCUT2D eigenvalue weighted by Gasteiger charge is -2.29. The zero-order valence-corrected chi connectivity index (χ0v) is 24.4. The molecular formula is C34H44N4O2. The first kappa shape index (κ1) is 29.5. The Bertz CT molecular complexity index is 1280. The molecule has 0 heterocycles. The average Bonchev–Trinajstić information content (AvgIpc) is 2.94. The molecular weight excluding hydrogens is 496 g/mol. The summed E-state index contributed by atoms with van der Waals surface area (Å²) in [6, 6.07) is 23.7. The Kier molecular flexibility index (Phi) is 9.77. The Labute approximate surface area is 239 Å². The SMILES string of the molecule is CN(CCc1ccccc1)Cc1ccc(C(=O)NC2CCCCC2N)cc1NC(=O)c1ccc(C(C)(C)C)cc1. The van der Waals surface area contributed by atoms with Gasteiger partial charge >= 0.3 is 0 Å². The molecule has 4 rings (SSSR count). The molecule has 0 spiro atoms. The Hall–Kier alpha value is -3.48. The van der Waals surface area contributed by atoms with Crippen molar-refractivity contribution >= 4 is 17.5 Å². The van der Waals surface area contributed by atoms with E-state index in [1.807, 2.05) is 42.5 Å². The number of rotatable bonds is 9. The number of nitrogens with zero attached hydrogens (tertiary/aromatic N) is 1. The van der Waals surface area contributed by atoms with E-state index in [4.69, 9.17) is 5.73 Å². The van der Waals surface area contributed by atoms with Crippen LogP contribution in [0.3, 0.4) is 0 Å². The van der Waals surface area contributed by atoms with Gasteiger partial charge in [0.1, 0.15) is 0 Å². The third kappa shape index (κ3) is 8.03. The summed E-state index contributed by atoms with van der Waals surface area (Å²) >= 11 is 0. The van der Waals surface area contributed by atoms with E-state index in [9.17, 15) is 9.59 Å². The van der Waals surface area contributed by atoms with Crippen LogP contribution in [0.4, 0.5) is 5.69 Å². The lowest BCUT2D eigenvalue weighted by atomic mass is 9.86. The van der Waals surface area contributed by atoms with Gasteiger partial charge < -0.3 is 21.3 Å². The number of hydrogen-bond acceptors (Lipinski definition) is 4. The monoisotopic (exact) mass is 540 g/mol. The lowest BCUT2D eigenvalue weighted by Crippen LogP contribution is -2.49. The molecule has 0 bridgehead atoms. The average molecular weight is 541 g/mol. The van der Waals surface area contributed by atoms with Gasteiger partial charge in [-0.3, -0.25) is 9.59 Å². The highest BCUT2D eigenvalue weighted by atomic mass is 16.2. The predicted molar refractivity (Wildman–Crippen MR) is 164 cm³/mol. The van der Waals surface area contributed by atoms with Crippen LogP contribution in [0.2, 0.25) is 0 Å². The molecule has 6 nitrogen and oxygen atoms in total. The van der Waals surface area contributed by atoms with Crippen LogP contribution < -0.4 is 16.4 Å². The molecule has 40 heavy (non-hydrogen) atoms. The van der Waals surface area contributed by atoms with Gasteiger partial charge in [-0.15, -0.1) is 0 Å². The van der Waals surface area contributed by atoms with Crippen LogP contribution in [0.1, 0.15) is 83.9 Å². The van der Waals surface area contributed by atoms with Gasteiger partial charge in [0.2, 0.25) is 0 Å². The molecule has 2 atom stereocenters. The van der Waals surface area contributed by atoms with Crippen LogP contribution in [-0.4, -0.2) is 42.4 Å². The summed E-state index contributed by atoms with van der Waals surface area (Å²) in [7, 11) is 2.07. The van der Waals surface area contributed by atoms with Gasteiger partial charge in [-0.25, -0.2) is 0 Å². The second-order valence-electron chi connectivity index (χ2n) is 12.2. The number of amides is 2. The molecule has 1 saturated carbocycles. The van der Waals surface area contributed by atoms with Crippen LogP contribution in [-0.2, 0) is 18.4 Å². The highest BCUT2D eigenvalue weighted by Crippen LogP contribution is 2.25. The molecule has 6 heteroatoms. The molecule has 3 aromatic carbocycles. The summed E-state index contributed by atoms with van der Waals surface area (Å²) in [4.78, 5) is 28.8. The van der Waals surface area contributed by atoms with Gasteiger partial charge in [0.25, 0.3) is 11.8 Å². The van der Waals surface area contributed by atoms with E-state index in [2.05, 4.69) is 67.6 Å². The Morgan fingerprint density at radius 1 is 0.900 bits per heavy atom. The molecule has 1 aliphatic rings. The fraction of sp³-hybridized carbons (Fsp3) is 0.412. The van der Waals surface area contributed by atoms with Crippen molar-refractivity contribution in [1.82, 2.24) is 10.2 Å². The predicted octanol–water partition coefficient (Wildman–Crippen LogP) is 5.91. The van der Waals surface area contributed by atoms with E-state index < -0.39 is 0 Å². The molecule has 2 amide bonds. The van der Waals surface area contributed by atoms with E-state index in [1.165, 1.54) is 11.1 Å². The van der Waals surface area contributed by atoms with Crippen LogP contribution in [0.15, 0.2) is 72.8 Å². The first-order valence-corrected chi connectivity index (χ1v) is 14.4. The fourth-order valence-electron chi connectivity index (χ4n) is 5.21. The van der Waals surface area contributed by atoms with Gasteiger partial charge in [0, 0.05) is 42.0 Å². The fourth-order valence-corrected chi connectivity index (χ4v) is 5.21. The number of hydrogen-bond donors (Lipinski definition) is 3. The standard InChI is InChI=1S/C34H44N4O2/c1-34(2,3)28-18-16-25(17-19-28)32(39)37-31-22-26(33(40)36-30-13-9-8-12-29(30)35)14-15-27(31)23-38(4)21-20-24-10-6-5-7-11-24/h5-7,10-11,14-19,22,29-30H,8-9,12-13,20-21,23,35H2,1-4H3,(H,36,40)(H,37,39). The molecule has 1 fully saturated rings. The minimum absolute atomic E-state index is 0.00900. The van der Waals surface area contributed by atoms with E-state index in [0.717, 1.165) is 44.2 Å². The van der Waals surface area contributed by atoms with Crippen molar-refractivity contribution < 1.29 is 9.59 Å². The molecule has 0 saturated heterocycles. The molecule has 4 N–H and O–H groups in total. The second-order valence-corrected chi connectivity index (χ2v) is 12.2. The number of benzene rings is 3. The molecule has 1 aliphatic carbocycles. The van der Waals surface area contributed by atoms with Crippen molar-refractivity contribution in [2.24, 2.45) is 5.73 Å². The Morgan fingerprint density at radius 2 is 1.57 bits per heavy atom. The number of nitrogens with two attached hydrogens (primary N) is 1. The summed E-state index contributed by atoms with van der Waals surface area (Å²) in [6.45, 7) is 7.96. The van der Waals surface area contributed by atoms with Crippen molar-refractivity contribution in [3.05, 3.63) is 101 Å². The Balaban J connectivity index is 1.53. The molecule has 3 aromatic rings. The van der Waals surface area contributed by atoms with Gasteiger partial charge in [0.15, 0.2) is 0 Å². The number of likely N-dealkylation sites (N-methyl/N-ethyl adjacent to an activating group) is 1.